The van der Waals surface area contributed by atoms with Gasteiger partial charge in [-0.15, -0.1) is 0 Å². The summed E-state index contributed by atoms with van der Waals surface area (Å²) >= 11 is 0. The zero-order valence-electron chi connectivity index (χ0n) is 11.6. The van der Waals surface area contributed by atoms with Crippen molar-refractivity contribution in [1.29, 1.82) is 0 Å². The molecule has 18 heavy (non-hydrogen) atoms. The number of esters is 1. The Labute approximate surface area is 109 Å². The first-order valence-corrected chi connectivity index (χ1v) is 6.42. The maximum absolute atomic E-state index is 11.5. The Morgan fingerprint density at radius 2 is 1.72 bits per heavy atom. The second kappa shape index (κ2) is 8.08. The van der Waals surface area contributed by atoms with Crippen molar-refractivity contribution in [2.75, 3.05) is 0 Å². The highest BCUT2D eigenvalue weighted by atomic mass is 16.6. The van der Waals surface area contributed by atoms with Crippen molar-refractivity contribution < 1.29 is 19.4 Å². The molecule has 0 radical (unpaired) electrons. The van der Waals surface area contributed by atoms with E-state index in [1.807, 2.05) is 20.8 Å². The van der Waals surface area contributed by atoms with Crippen molar-refractivity contribution in [3.63, 3.8) is 0 Å². The van der Waals surface area contributed by atoms with Gasteiger partial charge < -0.3 is 15.6 Å². The fourth-order valence-electron chi connectivity index (χ4n) is 1.49. The summed E-state index contributed by atoms with van der Waals surface area (Å²) in [6.07, 6.45) is 4.04. The summed E-state index contributed by atoms with van der Waals surface area (Å²) in [6, 6.07) is -0.580. The number of hydrogen-bond acceptors (Lipinski definition) is 4. The van der Waals surface area contributed by atoms with Crippen LogP contribution in [0.3, 0.4) is 0 Å². The molecule has 0 aliphatic carbocycles. The monoisotopic (exact) mass is 259 g/mol. The maximum atomic E-state index is 11.5. The van der Waals surface area contributed by atoms with Crippen LogP contribution in [0.5, 0.6) is 0 Å². The van der Waals surface area contributed by atoms with Gasteiger partial charge in [0.25, 0.3) is 0 Å². The zero-order chi connectivity index (χ0) is 14.2. The van der Waals surface area contributed by atoms with Gasteiger partial charge in [0.15, 0.2) is 0 Å². The second-order valence-electron chi connectivity index (χ2n) is 5.49. The average Bonchev–Trinajstić information content (AvgIpc) is 2.19. The van der Waals surface area contributed by atoms with Gasteiger partial charge in [0.05, 0.1) is 0 Å². The fraction of sp³-hybridized carbons (Fsp3) is 0.846. The first kappa shape index (κ1) is 16.9. The van der Waals surface area contributed by atoms with Crippen LogP contribution in [0, 0.1) is 0 Å². The number of carboxylic acid groups (broad SMARTS) is 1. The van der Waals surface area contributed by atoms with E-state index >= 15 is 0 Å². The SMILES string of the molecule is CC(C)(C)OC(=O)C(N)CCCCCCC(=O)O. The van der Waals surface area contributed by atoms with Gasteiger partial charge in [-0.05, 0) is 33.6 Å². The molecule has 0 saturated carbocycles. The Kier molecular flexibility index (Phi) is 7.59. The molecule has 3 N–H and O–H groups in total. The third-order valence-corrected chi connectivity index (χ3v) is 2.37. The second-order valence-corrected chi connectivity index (χ2v) is 5.49. The summed E-state index contributed by atoms with van der Waals surface area (Å²) in [7, 11) is 0. The number of carboxylic acids is 1. The van der Waals surface area contributed by atoms with Crippen molar-refractivity contribution >= 4 is 11.9 Å². The van der Waals surface area contributed by atoms with Gasteiger partial charge in [-0.25, -0.2) is 0 Å². The van der Waals surface area contributed by atoms with E-state index in [-0.39, 0.29) is 12.4 Å². The smallest absolute Gasteiger partial charge is 0.323 e. The van der Waals surface area contributed by atoms with Crippen molar-refractivity contribution in [3.05, 3.63) is 0 Å². The molecule has 0 saturated heterocycles. The predicted molar refractivity (Wildman–Crippen MR) is 69.2 cm³/mol. The molecule has 0 bridgehead atoms. The van der Waals surface area contributed by atoms with Crippen molar-refractivity contribution in [2.24, 2.45) is 5.73 Å². The molecule has 1 atom stereocenters. The first-order chi connectivity index (χ1) is 8.22. The highest BCUT2D eigenvalue weighted by Gasteiger charge is 2.21. The van der Waals surface area contributed by atoms with E-state index in [0.29, 0.717) is 12.8 Å². The molecule has 5 heteroatoms. The number of unbranched alkanes of at least 4 members (excludes halogenated alkanes) is 3. The summed E-state index contributed by atoms with van der Waals surface area (Å²) in [5.41, 5.74) is 5.21. The van der Waals surface area contributed by atoms with Gasteiger partial charge in [0.1, 0.15) is 11.6 Å². The lowest BCUT2D eigenvalue weighted by molar-refractivity contribution is -0.156. The van der Waals surface area contributed by atoms with Crippen molar-refractivity contribution in [1.82, 2.24) is 0 Å². The number of carbonyl (C=O) groups excluding carboxylic acids is 1. The molecule has 0 rings (SSSR count). The van der Waals surface area contributed by atoms with Gasteiger partial charge in [-0.2, -0.15) is 0 Å². The lowest BCUT2D eigenvalue weighted by Crippen LogP contribution is -2.37. The van der Waals surface area contributed by atoms with Gasteiger partial charge >= 0.3 is 11.9 Å². The lowest BCUT2D eigenvalue weighted by atomic mass is 10.1. The molecule has 0 aromatic carbocycles. The van der Waals surface area contributed by atoms with Crippen molar-refractivity contribution in [2.45, 2.75) is 70.9 Å². The summed E-state index contributed by atoms with van der Waals surface area (Å²) in [5, 5.41) is 8.46. The molecule has 5 nitrogen and oxygen atoms in total. The maximum Gasteiger partial charge on any atom is 0.323 e. The summed E-state index contributed by atoms with van der Waals surface area (Å²) < 4.78 is 5.17. The summed E-state index contributed by atoms with van der Waals surface area (Å²) in [6.45, 7) is 5.43. The van der Waals surface area contributed by atoms with Crippen LogP contribution < -0.4 is 5.73 Å². The van der Waals surface area contributed by atoms with Gasteiger partial charge in [-0.3, -0.25) is 9.59 Å². The van der Waals surface area contributed by atoms with Crippen LogP contribution in [-0.4, -0.2) is 28.7 Å². The highest BCUT2D eigenvalue weighted by molar-refractivity contribution is 5.75. The van der Waals surface area contributed by atoms with Crippen LogP contribution in [0.15, 0.2) is 0 Å². The summed E-state index contributed by atoms with van der Waals surface area (Å²) in [4.78, 5) is 21.8. The highest BCUT2D eigenvalue weighted by Crippen LogP contribution is 2.11. The first-order valence-electron chi connectivity index (χ1n) is 6.42. The molecule has 0 spiro atoms. The van der Waals surface area contributed by atoms with E-state index in [2.05, 4.69) is 0 Å². The molecule has 0 amide bonds. The zero-order valence-corrected chi connectivity index (χ0v) is 11.6. The predicted octanol–water partition coefficient (Wildman–Crippen LogP) is 2.08. The van der Waals surface area contributed by atoms with Crippen LogP contribution >= 0.6 is 0 Å². The quantitative estimate of drug-likeness (QED) is 0.514. The minimum Gasteiger partial charge on any atom is -0.481 e. The number of aliphatic carboxylic acids is 1. The van der Waals surface area contributed by atoms with E-state index in [1.165, 1.54) is 0 Å². The Hall–Kier alpha value is -1.10. The topological polar surface area (TPSA) is 89.6 Å². The third kappa shape index (κ3) is 10.1. The Morgan fingerprint density at radius 3 is 2.22 bits per heavy atom. The normalized spacial score (nSPS) is 13.1. The molecular formula is C13H25NO4. The standard InChI is InChI=1S/C13H25NO4/c1-13(2,3)18-12(17)10(14)8-6-4-5-7-9-11(15)16/h10H,4-9,14H2,1-3H3,(H,15,16). The van der Waals surface area contributed by atoms with Gasteiger partial charge in [-0.1, -0.05) is 19.3 Å². The number of ether oxygens (including phenoxy) is 1. The average molecular weight is 259 g/mol. The van der Waals surface area contributed by atoms with E-state index in [9.17, 15) is 9.59 Å². The third-order valence-electron chi connectivity index (χ3n) is 2.37. The molecule has 0 fully saturated rings. The van der Waals surface area contributed by atoms with Crippen LogP contribution in [0.1, 0.15) is 59.3 Å². The van der Waals surface area contributed by atoms with Crippen LogP contribution in [-0.2, 0) is 14.3 Å². The van der Waals surface area contributed by atoms with E-state index < -0.39 is 17.6 Å². The number of carbonyl (C=O) groups is 2. The molecular weight excluding hydrogens is 234 g/mol. The minimum atomic E-state index is -0.763. The molecule has 0 aromatic heterocycles. The fourth-order valence-corrected chi connectivity index (χ4v) is 1.49. The van der Waals surface area contributed by atoms with Crippen LogP contribution in [0.25, 0.3) is 0 Å². The van der Waals surface area contributed by atoms with E-state index in [4.69, 9.17) is 15.6 Å². The number of hydrogen-bond donors (Lipinski definition) is 2. The Balaban J connectivity index is 3.61. The van der Waals surface area contributed by atoms with E-state index in [1.54, 1.807) is 0 Å². The van der Waals surface area contributed by atoms with Crippen molar-refractivity contribution in [3.8, 4) is 0 Å². The molecule has 0 aliphatic rings. The molecule has 0 aromatic rings. The number of rotatable bonds is 8. The molecule has 106 valence electrons. The summed E-state index contributed by atoms with van der Waals surface area (Å²) in [5.74, 6) is -1.13. The lowest BCUT2D eigenvalue weighted by Gasteiger charge is -2.22. The minimum absolute atomic E-state index is 0.206. The molecule has 0 heterocycles. The Morgan fingerprint density at radius 1 is 1.17 bits per heavy atom. The largest absolute Gasteiger partial charge is 0.481 e. The molecule has 0 aliphatic heterocycles. The van der Waals surface area contributed by atoms with Gasteiger partial charge in [0, 0.05) is 6.42 Å². The van der Waals surface area contributed by atoms with E-state index in [0.717, 1.165) is 19.3 Å². The van der Waals surface area contributed by atoms with Crippen LogP contribution in [0.4, 0.5) is 0 Å². The molecule has 1 unspecified atom stereocenters. The van der Waals surface area contributed by atoms with Gasteiger partial charge in [0.2, 0.25) is 0 Å². The van der Waals surface area contributed by atoms with Crippen LogP contribution in [0.2, 0.25) is 0 Å². The Bertz CT molecular complexity index is 271. The number of nitrogens with two attached hydrogens (primary N) is 1.